The zero-order chi connectivity index (χ0) is 27.9. The van der Waals surface area contributed by atoms with Gasteiger partial charge < -0.3 is 10.6 Å². The van der Waals surface area contributed by atoms with Crippen LogP contribution in [0.2, 0.25) is 0 Å². The minimum atomic E-state index is -0.238. The van der Waals surface area contributed by atoms with E-state index >= 15 is 0 Å². The largest absolute Gasteiger partial charge is 0.352 e. The lowest BCUT2D eigenvalue weighted by Crippen LogP contribution is -2.39. The molecule has 0 unspecified atom stereocenters. The highest BCUT2D eigenvalue weighted by Gasteiger charge is 2.26. The summed E-state index contributed by atoms with van der Waals surface area (Å²) < 4.78 is 0. The van der Waals surface area contributed by atoms with E-state index in [-0.39, 0.29) is 17.9 Å². The van der Waals surface area contributed by atoms with E-state index in [2.05, 4.69) is 96.5 Å². The number of carbonyl (C=O) groups is 2. The van der Waals surface area contributed by atoms with Gasteiger partial charge in [-0.05, 0) is 87.7 Å². The van der Waals surface area contributed by atoms with E-state index in [0.717, 1.165) is 69.1 Å². The van der Waals surface area contributed by atoms with E-state index in [1.54, 1.807) is 0 Å². The number of aryl methyl sites for hydroxylation is 2. The Bertz CT molecular complexity index is 1030. The number of carbonyl (C=O) groups excluding carboxylic acids is 2. The zero-order valence-corrected chi connectivity index (χ0v) is 24.2. The van der Waals surface area contributed by atoms with Crippen LogP contribution >= 0.6 is 0 Å². The van der Waals surface area contributed by atoms with Crippen LogP contribution in [0, 0.1) is 24.7 Å². The molecule has 0 spiro atoms. The van der Waals surface area contributed by atoms with Crippen molar-refractivity contribution in [3.8, 4) is 0 Å². The van der Waals surface area contributed by atoms with Crippen molar-refractivity contribution in [3.63, 3.8) is 0 Å². The van der Waals surface area contributed by atoms with E-state index in [4.69, 9.17) is 0 Å². The van der Waals surface area contributed by atoms with Crippen LogP contribution in [0.1, 0.15) is 88.3 Å². The van der Waals surface area contributed by atoms with E-state index in [0.29, 0.717) is 24.9 Å². The average Bonchev–Trinajstić information content (AvgIpc) is 2.97. The van der Waals surface area contributed by atoms with Gasteiger partial charge in [0, 0.05) is 24.7 Å². The van der Waals surface area contributed by atoms with Crippen molar-refractivity contribution in [1.29, 1.82) is 0 Å². The molecule has 3 N–H and O–H groups in total. The second kappa shape index (κ2) is 16.7. The average molecular weight is 533 g/mol. The monoisotopic (exact) mass is 532 g/mol. The number of hydrogen-bond donors (Lipinski definition) is 3. The van der Waals surface area contributed by atoms with Crippen molar-refractivity contribution in [2.45, 2.75) is 91.5 Å². The summed E-state index contributed by atoms with van der Waals surface area (Å²) in [5.74, 6) is 0.967. The standard InChI is InChI=1S/C33H48N4O2/c1-4-26(3)31(14-10-6-9-13-27-11-7-5-8-12-27)36-37-33(39)35-24-29-19-21-30(22-20-29)32(38)34-23-28-17-15-25(2)16-18-28/h5,7-8,11-12,15-18,26,29-30H,4,6,9-10,13-14,19-24H2,1-3H3,(H,34,38)(H2,35,37,39)/b36-31+/t26-,29?,30?/m0/s1. The van der Waals surface area contributed by atoms with Crippen LogP contribution < -0.4 is 16.1 Å². The van der Waals surface area contributed by atoms with Gasteiger partial charge in [0.15, 0.2) is 0 Å². The van der Waals surface area contributed by atoms with Gasteiger partial charge in [-0.1, -0.05) is 80.4 Å². The van der Waals surface area contributed by atoms with E-state index in [9.17, 15) is 9.59 Å². The molecule has 0 aromatic heterocycles. The maximum atomic E-state index is 12.6. The molecule has 1 atom stereocenters. The van der Waals surface area contributed by atoms with Crippen molar-refractivity contribution in [3.05, 3.63) is 71.3 Å². The van der Waals surface area contributed by atoms with Gasteiger partial charge in [-0.2, -0.15) is 5.10 Å². The molecule has 3 amide bonds. The quantitative estimate of drug-likeness (QED) is 0.140. The topological polar surface area (TPSA) is 82.6 Å². The molecule has 0 saturated heterocycles. The van der Waals surface area contributed by atoms with Crippen molar-refractivity contribution < 1.29 is 9.59 Å². The minimum Gasteiger partial charge on any atom is -0.352 e. The molecule has 1 fully saturated rings. The summed E-state index contributed by atoms with van der Waals surface area (Å²) in [6.07, 6.45) is 10.1. The molecule has 0 aliphatic heterocycles. The molecule has 6 heteroatoms. The van der Waals surface area contributed by atoms with Gasteiger partial charge >= 0.3 is 6.03 Å². The number of nitrogens with one attached hydrogen (secondary N) is 3. The third-order valence-corrected chi connectivity index (χ3v) is 8.08. The summed E-state index contributed by atoms with van der Waals surface area (Å²) in [6.45, 7) is 7.60. The Morgan fingerprint density at radius 3 is 2.31 bits per heavy atom. The van der Waals surface area contributed by atoms with Crippen LogP contribution in [0.4, 0.5) is 4.79 Å². The number of rotatable bonds is 14. The van der Waals surface area contributed by atoms with Gasteiger partial charge in [-0.25, -0.2) is 10.2 Å². The molecule has 2 aromatic rings. The molecule has 212 valence electrons. The second-order valence-corrected chi connectivity index (χ2v) is 11.2. The van der Waals surface area contributed by atoms with Crippen molar-refractivity contribution >= 4 is 17.6 Å². The summed E-state index contributed by atoms with van der Waals surface area (Å²) in [7, 11) is 0. The fraction of sp³-hybridized carbons (Fsp3) is 0.545. The van der Waals surface area contributed by atoms with Gasteiger partial charge in [-0.15, -0.1) is 0 Å². The van der Waals surface area contributed by atoms with Crippen molar-refractivity contribution in [1.82, 2.24) is 16.1 Å². The maximum Gasteiger partial charge on any atom is 0.335 e. The smallest absolute Gasteiger partial charge is 0.335 e. The summed E-state index contributed by atoms with van der Waals surface area (Å²) in [5.41, 5.74) is 7.55. The van der Waals surface area contributed by atoms with E-state index in [1.165, 1.54) is 17.5 Å². The highest BCUT2D eigenvalue weighted by atomic mass is 16.2. The van der Waals surface area contributed by atoms with Crippen LogP contribution in [0.15, 0.2) is 59.7 Å². The fourth-order valence-electron chi connectivity index (χ4n) is 5.17. The molecule has 0 heterocycles. The number of hydrogen-bond acceptors (Lipinski definition) is 3. The Balaban J connectivity index is 1.31. The third kappa shape index (κ3) is 11.2. The summed E-state index contributed by atoms with van der Waals surface area (Å²) in [4.78, 5) is 25.1. The first-order valence-corrected chi connectivity index (χ1v) is 14.9. The van der Waals surface area contributed by atoms with Gasteiger partial charge in [0.05, 0.1) is 0 Å². The van der Waals surface area contributed by atoms with Gasteiger partial charge in [0.2, 0.25) is 5.91 Å². The molecule has 1 aliphatic carbocycles. The first-order chi connectivity index (χ1) is 18.9. The molecule has 0 bridgehead atoms. The van der Waals surface area contributed by atoms with Gasteiger partial charge in [0.25, 0.3) is 0 Å². The lowest BCUT2D eigenvalue weighted by atomic mass is 9.81. The number of urea groups is 1. The molecule has 1 saturated carbocycles. The summed E-state index contributed by atoms with van der Waals surface area (Å²) >= 11 is 0. The van der Waals surface area contributed by atoms with Gasteiger partial charge in [-0.3, -0.25) is 4.79 Å². The molecular weight excluding hydrogens is 484 g/mol. The normalized spacial score (nSPS) is 18.3. The lowest BCUT2D eigenvalue weighted by Gasteiger charge is -2.27. The summed E-state index contributed by atoms with van der Waals surface area (Å²) in [5, 5.41) is 10.6. The van der Waals surface area contributed by atoms with Crippen LogP contribution in [-0.2, 0) is 17.8 Å². The maximum absolute atomic E-state index is 12.6. The Morgan fingerprint density at radius 2 is 1.62 bits per heavy atom. The number of hydrazone groups is 1. The molecule has 6 nitrogen and oxygen atoms in total. The molecule has 1 aliphatic rings. The first kappa shape index (κ1) is 30.4. The summed E-state index contributed by atoms with van der Waals surface area (Å²) in [6, 6.07) is 18.6. The predicted octanol–water partition coefficient (Wildman–Crippen LogP) is 6.92. The zero-order valence-electron chi connectivity index (χ0n) is 24.2. The fourth-order valence-corrected chi connectivity index (χ4v) is 5.17. The molecule has 3 rings (SSSR count). The van der Waals surface area contributed by atoms with Crippen LogP contribution in [0.3, 0.4) is 0 Å². The Hall–Kier alpha value is -3.15. The van der Waals surface area contributed by atoms with Crippen LogP contribution in [0.25, 0.3) is 0 Å². The molecule has 2 aromatic carbocycles. The molecule has 39 heavy (non-hydrogen) atoms. The number of unbranched alkanes of at least 4 members (excludes halogenated alkanes) is 2. The van der Waals surface area contributed by atoms with Crippen LogP contribution in [-0.4, -0.2) is 24.2 Å². The second-order valence-electron chi connectivity index (χ2n) is 11.2. The van der Waals surface area contributed by atoms with Gasteiger partial charge in [0.1, 0.15) is 0 Å². The highest BCUT2D eigenvalue weighted by Crippen LogP contribution is 2.28. The highest BCUT2D eigenvalue weighted by molar-refractivity contribution is 5.87. The Kier molecular flexibility index (Phi) is 13.0. The third-order valence-electron chi connectivity index (χ3n) is 8.08. The lowest BCUT2D eigenvalue weighted by molar-refractivity contribution is -0.126. The van der Waals surface area contributed by atoms with Crippen molar-refractivity contribution in [2.24, 2.45) is 22.9 Å². The van der Waals surface area contributed by atoms with E-state index in [1.807, 2.05) is 0 Å². The van der Waals surface area contributed by atoms with Crippen molar-refractivity contribution in [2.75, 3.05) is 6.54 Å². The SMILES string of the molecule is CC[C@H](C)/C(CCCCCc1ccccc1)=N/NC(=O)NCC1CCC(C(=O)NCc2ccc(C)cc2)CC1. The Morgan fingerprint density at radius 1 is 0.897 bits per heavy atom. The molecular formula is C33H48N4O2. The first-order valence-electron chi connectivity index (χ1n) is 14.9. The van der Waals surface area contributed by atoms with Crippen LogP contribution in [0.5, 0.6) is 0 Å². The molecule has 0 radical (unpaired) electrons. The number of nitrogens with zero attached hydrogens (tertiary/aromatic N) is 1. The minimum absolute atomic E-state index is 0.0657. The predicted molar refractivity (Wildman–Crippen MR) is 161 cm³/mol. The number of benzene rings is 2. The number of amides is 3. The Labute approximate surface area is 235 Å². The van der Waals surface area contributed by atoms with E-state index < -0.39 is 0 Å².